The number of hydrogen-bond acceptors (Lipinski definition) is 7. The first kappa shape index (κ1) is 22.1. The molecule has 0 saturated carbocycles. The molecule has 0 fully saturated rings. The lowest BCUT2D eigenvalue weighted by Gasteiger charge is -2.08. The van der Waals surface area contributed by atoms with Crippen LogP contribution in [-0.4, -0.2) is 37.1 Å². The van der Waals surface area contributed by atoms with Crippen LogP contribution in [0.15, 0.2) is 65.6 Å². The topological polar surface area (TPSA) is 95.9 Å². The number of benzene rings is 2. The van der Waals surface area contributed by atoms with Gasteiger partial charge in [0.1, 0.15) is 22.9 Å². The number of halogens is 2. The first-order valence-electron chi connectivity index (χ1n) is 10.4. The molecule has 0 atom stereocenters. The number of ketones is 1. The van der Waals surface area contributed by atoms with E-state index in [9.17, 15) is 4.79 Å². The van der Waals surface area contributed by atoms with Crippen molar-refractivity contribution < 1.29 is 14.1 Å². The second kappa shape index (κ2) is 9.24. The van der Waals surface area contributed by atoms with Gasteiger partial charge >= 0.3 is 0 Å². The Kier molecular flexibility index (Phi) is 6.00. The molecular formula is C24H17Cl2N5O3. The van der Waals surface area contributed by atoms with Crippen molar-refractivity contribution in [3.05, 3.63) is 88.2 Å². The number of nitrogens with zero attached hydrogens (tertiary/aromatic N) is 5. The largest absolute Gasteiger partial charge is 0.494 e. The van der Waals surface area contributed by atoms with Crippen LogP contribution in [0.4, 0.5) is 0 Å². The Hall–Kier alpha value is -3.75. The number of aromatic nitrogens is 5. The minimum absolute atomic E-state index is 0.113. The SMILES string of the molecule is CCOc1ccc2c(c1)c(C(=O)c1noc(-c3ccncn3)n1)c(Cl)n2Cc1ccc(Cl)cc1. The maximum absolute atomic E-state index is 13.5. The van der Waals surface area contributed by atoms with Gasteiger partial charge in [0.25, 0.3) is 5.89 Å². The zero-order valence-electron chi connectivity index (χ0n) is 17.9. The standard InChI is InChI=1S/C24H17Cl2N5O3/c1-2-33-16-7-8-19-17(11-16)20(22(26)31(19)12-14-3-5-15(25)6-4-14)21(32)23-29-24(34-30-23)18-9-10-27-13-28-18/h3-11,13H,2,12H2,1H3. The van der Waals surface area contributed by atoms with Gasteiger partial charge < -0.3 is 13.8 Å². The molecule has 10 heteroatoms. The molecule has 0 aliphatic carbocycles. The molecule has 0 spiro atoms. The predicted octanol–water partition coefficient (Wildman–Crippen LogP) is 5.47. The predicted molar refractivity (Wildman–Crippen MR) is 127 cm³/mol. The fourth-order valence-corrected chi connectivity index (χ4v) is 4.12. The van der Waals surface area contributed by atoms with Crippen molar-refractivity contribution in [1.29, 1.82) is 0 Å². The summed E-state index contributed by atoms with van der Waals surface area (Å²) in [5.41, 5.74) is 2.42. The van der Waals surface area contributed by atoms with E-state index in [1.54, 1.807) is 18.3 Å². The molecule has 2 aromatic carbocycles. The maximum Gasteiger partial charge on any atom is 0.277 e. The van der Waals surface area contributed by atoms with Crippen LogP contribution in [0.2, 0.25) is 10.2 Å². The first-order valence-corrected chi connectivity index (χ1v) is 11.1. The van der Waals surface area contributed by atoms with Crippen LogP contribution in [0, 0.1) is 0 Å². The van der Waals surface area contributed by atoms with E-state index in [1.807, 2.05) is 47.9 Å². The zero-order valence-corrected chi connectivity index (χ0v) is 19.4. The monoisotopic (exact) mass is 493 g/mol. The van der Waals surface area contributed by atoms with E-state index >= 15 is 0 Å². The second-order valence-corrected chi connectivity index (χ2v) is 8.13. The normalized spacial score (nSPS) is 11.1. The van der Waals surface area contributed by atoms with Crippen molar-refractivity contribution in [3.8, 4) is 17.3 Å². The third kappa shape index (κ3) is 4.13. The molecule has 0 saturated heterocycles. The summed E-state index contributed by atoms with van der Waals surface area (Å²) in [5.74, 6) is 0.145. The Morgan fingerprint density at radius 2 is 1.94 bits per heavy atom. The number of rotatable bonds is 7. The molecule has 3 aromatic heterocycles. The Bertz CT molecular complexity index is 1480. The summed E-state index contributed by atoms with van der Waals surface area (Å²) in [5, 5.41) is 5.40. The van der Waals surface area contributed by atoms with Gasteiger partial charge in [-0.3, -0.25) is 4.79 Å². The minimum atomic E-state index is -0.470. The highest BCUT2D eigenvalue weighted by Crippen LogP contribution is 2.35. The molecule has 0 aliphatic rings. The van der Waals surface area contributed by atoms with Gasteiger partial charge in [0, 0.05) is 23.2 Å². The van der Waals surface area contributed by atoms with Gasteiger partial charge in [0.2, 0.25) is 11.6 Å². The highest BCUT2D eigenvalue weighted by atomic mass is 35.5. The molecule has 0 bridgehead atoms. The Labute approximate surface area is 204 Å². The molecule has 8 nitrogen and oxygen atoms in total. The van der Waals surface area contributed by atoms with Gasteiger partial charge in [-0.2, -0.15) is 4.98 Å². The van der Waals surface area contributed by atoms with Crippen molar-refractivity contribution in [2.45, 2.75) is 13.5 Å². The van der Waals surface area contributed by atoms with Crippen LogP contribution in [0.5, 0.6) is 5.75 Å². The molecule has 170 valence electrons. The van der Waals surface area contributed by atoms with E-state index in [-0.39, 0.29) is 22.4 Å². The van der Waals surface area contributed by atoms with Crippen molar-refractivity contribution in [1.82, 2.24) is 24.7 Å². The van der Waals surface area contributed by atoms with Crippen LogP contribution in [0.3, 0.4) is 0 Å². The molecule has 3 heterocycles. The lowest BCUT2D eigenvalue weighted by Crippen LogP contribution is -2.05. The average Bonchev–Trinajstić information content (AvgIpc) is 3.45. The summed E-state index contributed by atoms with van der Waals surface area (Å²) in [6.45, 7) is 2.82. The molecule has 0 amide bonds. The Balaban J connectivity index is 1.61. The van der Waals surface area contributed by atoms with E-state index in [0.717, 1.165) is 11.1 Å². The molecule has 0 radical (unpaired) electrons. The molecule has 0 N–H and O–H groups in total. The number of carbonyl (C=O) groups excluding carboxylic acids is 1. The third-order valence-electron chi connectivity index (χ3n) is 5.19. The molecule has 5 rings (SSSR count). The Morgan fingerprint density at radius 3 is 2.68 bits per heavy atom. The molecule has 5 aromatic rings. The highest BCUT2D eigenvalue weighted by molar-refractivity contribution is 6.37. The quantitative estimate of drug-likeness (QED) is 0.277. The lowest BCUT2D eigenvalue weighted by atomic mass is 10.1. The highest BCUT2D eigenvalue weighted by Gasteiger charge is 2.27. The van der Waals surface area contributed by atoms with Gasteiger partial charge in [0.15, 0.2) is 0 Å². The summed E-state index contributed by atoms with van der Waals surface area (Å²) in [4.78, 5) is 25.7. The number of fused-ring (bicyclic) bond motifs is 1. The molecule has 0 aliphatic heterocycles. The number of ether oxygens (including phenoxy) is 1. The maximum atomic E-state index is 13.5. The summed E-state index contributed by atoms with van der Waals surface area (Å²) < 4.78 is 12.8. The van der Waals surface area contributed by atoms with E-state index in [4.69, 9.17) is 32.5 Å². The van der Waals surface area contributed by atoms with E-state index in [1.165, 1.54) is 6.33 Å². The summed E-state index contributed by atoms with van der Waals surface area (Å²) in [7, 11) is 0. The fraction of sp³-hybridized carbons (Fsp3) is 0.125. The van der Waals surface area contributed by atoms with Crippen LogP contribution in [-0.2, 0) is 6.54 Å². The molecular weight excluding hydrogens is 477 g/mol. The average molecular weight is 494 g/mol. The molecule has 0 unspecified atom stereocenters. The summed E-state index contributed by atoms with van der Waals surface area (Å²) >= 11 is 12.8. The van der Waals surface area contributed by atoms with Gasteiger partial charge in [-0.15, -0.1) is 0 Å². The fourth-order valence-electron chi connectivity index (χ4n) is 3.65. The Morgan fingerprint density at radius 1 is 1.12 bits per heavy atom. The van der Waals surface area contributed by atoms with Crippen LogP contribution in [0.1, 0.15) is 28.7 Å². The van der Waals surface area contributed by atoms with Crippen molar-refractivity contribution >= 4 is 39.9 Å². The molecule has 34 heavy (non-hydrogen) atoms. The number of hydrogen-bond donors (Lipinski definition) is 0. The number of carbonyl (C=O) groups is 1. The summed E-state index contributed by atoms with van der Waals surface area (Å²) in [6.07, 6.45) is 2.90. The first-order chi connectivity index (χ1) is 16.5. The summed E-state index contributed by atoms with van der Waals surface area (Å²) in [6, 6.07) is 14.6. The second-order valence-electron chi connectivity index (χ2n) is 7.34. The van der Waals surface area contributed by atoms with Crippen LogP contribution < -0.4 is 4.74 Å². The third-order valence-corrected chi connectivity index (χ3v) is 5.84. The van der Waals surface area contributed by atoms with E-state index in [2.05, 4.69) is 20.1 Å². The van der Waals surface area contributed by atoms with E-state index < -0.39 is 5.78 Å². The smallest absolute Gasteiger partial charge is 0.277 e. The zero-order chi connectivity index (χ0) is 23.7. The van der Waals surface area contributed by atoms with Crippen LogP contribution in [0.25, 0.3) is 22.5 Å². The van der Waals surface area contributed by atoms with E-state index in [0.29, 0.717) is 35.0 Å². The van der Waals surface area contributed by atoms with Crippen molar-refractivity contribution in [3.63, 3.8) is 0 Å². The van der Waals surface area contributed by atoms with Crippen molar-refractivity contribution in [2.75, 3.05) is 6.61 Å². The van der Waals surface area contributed by atoms with Gasteiger partial charge in [-0.05, 0) is 48.9 Å². The minimum Gasteiger partial charge on any atom is -0.494 e. The van der Waals surface area contributed by atoms with Crippen molar-refractivity contribution in [2.24, 2.45) is 0 Å². The van der Waals surface area contributed by atoms with Gasteiger partial charge in [0.05, 0.1) is 17.7 Å². The lowest BCUT2D eigenvalue weighted by molar-refractivity contribution is 0.102. The van der Waals surface area contributed by atoms with Crippen LogP contribution >= 0.6 is 23.2 Å². The van der Waals surface area contributed by atoms with Gasteiger partial charge in [-0.1, -0.05) is 40.5 Å². The van der Waals surface area contributed by atoms with Gasteiger partial charge in [-0.25, -0.2) is 9.97 Å².